The fraction of sp³-hybridized carbons (Fsp3) is 0.143. The average Bonchev–Trinajstić information content (AvgIpc) is 2.44. The number of benzene rings is 1. The molecule has 0 aromatic heterocycles. The summed E-state index contributed by atoms with van der Waals surface area (Å²) in [5.74, 6) is -4.09. The summed E-state index contributed by atoms with van der Waals surface area (Å²) in [6, 6.07) is 5.24. The van der Waals surface area contributed by atoms with Crippen LogP contribution in [-0.4, -0.2) is 28.7 Å². The van der Waals surface area contributed by atoms with E-state index in [0.717, 1.165) is 4.90 Å². The van der Waals surface area contributed by atoms with Gasteiger partial charge < -0.3 is 5.11 Å². The number of carbonyl (C=O) groups excluding carboxylic acids is 3. The standard InChI is InChI=1S/C14H11NO5/c1-7-11(16)8(2)13(18)15(12(7)17)10-5-3-9(4-6-10)14(19)20/h3-6,8H,1H2,2H3,(H,19,20). The third-order valence-electron chi connectivity index (χ3n) is 3.12. The molecule has 1 atom stereocenters. The van der Waals surface area contributed by atoms with Crippen LogP contribution >= 0.6 is 0 Å². The monoisotopic (exact) mass is 273 g/mol. The second kappa shape index (κ2) is 4.73. The van der Waals surface area contributed by atoms with Crippen molar-refractivity contribution < 1.29 is 24.3 Å². The molecule has 0 bridgehead atoms. The van der Waals surface area contributed by atoms with E-state index >= 15 is 0 Å². The second-order valence-corrected chi connectivity index (χ2v) is 4.40. The molecule has 1 unspecified atom stereocenters. The molecular formula is C14H11NO5. The van der Waals surface area contributed by atoms with Gasteiger partial charge in [0, 0.05) is 0 Å². The van der Waals surface area contributed by atoms with Crippen LogP contribution in [0.5, 0.6) is 0 Å². The number of imide groups is 1. The number of amides is 2. The van der Waals surface area contributed by atoms with Crippen molar-refractivity contribution >= 4 is 29.3 Å². The molecule has 0 aliphatic carbocycles. The van der Waals surface area contributed by atoms with Crippen LogP contribution in [-0.2, 0) is 14.4 Å². The van der Waals surface area contributed by atoms with Gasteiger partial charge >= 0.3 is 5.97 Å². The number of hydrogen-bond donors (Lipinski definition) is 1. The van der Waals surface area contributed by atoms with Gasteiger partial charge in [-0.05, 0) is 31.2 Å². The molecule has 1 aliphatic rings. The molecule has 6 nitrogen and oxygen atoms in total. The van der Waals surface area contributed by atoms with Crippen molar-refractivity contribution in [1.82, 2.24) is 0 Å². The molecule has 2 rings (SSSR count). The van der Waals surface area contributed by atoms with Crippen LogP contribution in [0.2, 0.25) is 0 Å². The molecule has 1 saturated heterocycles. The molecule has 1 aliphatic heterocycles. The lowest BCUT2D eigenvalue weighted by Crippen LogP contribution is -2.50. The number of carbonyl (C=O) groups is 4. The van der Waals surface area contributed by atoms with Gasteiger partial charge in [-0.2, -0.15) is 0 Å². The van der Waals surface area contributed by atoms with Gasteiger partial charge in [-0.1, -0.05) is 6.58 Å². The average molecular weight is 273 g/mol. The fourth-order valence-electron chi connectivity index (χ4n) is 1.91. The largest absolute Gasteiger partial charge is 0.478 e. The Kier molecular flexibility index (Phi) is 3.23. The maximum Gasteiger partial charge on any atom is 0.335 e. The van der Waals surface area contributed by atoms with Crippen LogP contribution in [0.3, 0.4) is 0 Å². The molecule has 1 N–H and O–H groups in total. The van der Waals surface area contributed by atoms with Crippen LogP contribution in [0.4, 0.5) is 5.69 Å². The van der Waals surface area contributed by atoms with Crippen molar-refractivity contribution in [3.05, 3.63) is 42.0 Å². The quantitative estimate of drug-likeness (QED) is 0.376. The van der Waals surface area contributed by atoms with E-state index in [4.69, 9.17) is 5.11 Å². The normalized spacial score (nSPS) is 19.4. The fourth-order valence-corrected chi connectivity index (χ4v) is 1.91. The first-order valence-corrected chi connectivity index (χ1v) is 5.79. The van der Waals surface area contributed by atoms with Crippen LogP contribution in [0.15, 0.2) is 36.4 Å². The summed E-state index contributed by atoms with van der Waals surface area (Å²) in [6.07, 6.45) is 0. The van der Waals surface area contributed by atoms with Gasteiger partial charge in [-0.25, -0.2) is 9.69 Å². The lowest BCUT2D eigenvalue weighted by Gasteiger charge is -2.29. The minimum Gasteiger partial charge on any atom is -0.478 e. The molecule has 2 amide bonds. The van der Waals surface area contributed by atoms with Crippen molar-refractivity contribution in [2.24, 2.45) is 5.92 Å². The number of ketones is 1. The molecule has 1 aromatic carbocycles. The topological polar surface area (TPSA) is 91.8 Å². The highest BCUT2D eigenvalue weighted by molar-refractivity contribution is 6.39. The van der Waals surface area contributed by atoms with E-state index in [2.05, 4.69) is 6.58 Å². The molecule has 1 heterocycles. The molecule has 0 saturated carbocycles. The van der Waals surface area contributed by atoms with Crippen molar-refractivity contribution in [2.45, 2.75) is 6.92 Å². The van der Waals surface area contributed by atoms with Gasteiger partial charge in [0.05, 0.1) is 22.7 Å². The predicted molar refractivity (Wildman–Crippen MR) is 69.2 cm³/mol. The Morgan fingerprint density at radius 3 is 2.25 bits per heavy atom. The molecule has 1 fully saturated rings. The maximum atomic E-state index is 12.0. The van der Waals surface area contributed by atoms with Gasteiger partial charge in [0.25, 0.3) is 5.91 Å². The zero-order chi connectivity index (χ0) is 15.0. The Bertz CT molecular complexity index is 644. The number of anilines is 1. The number of aromatic carboxylic acids is 1. The number of Topliss-reactive ketones (excluding diaryl/α,β-unsaturated/α-hetero) is 1. The first kappa shape index (κ1) is 13.7. The van der Waals surface area contributed by atoms with Gasteiger partial charge in [0.1, 0.15) is 0 Å². The van der Waals surface area contributed by atoms with Crippen molar-refractivity contribution in [3.63, 3.8) is 0 Å². The lowest BCUT2D eigenvalue weighted by molar-refractivity contribution is -0.135. The second-order valence-electron chi connectivity index (χ2n) is 4.40. The molecular weight excluding hydrogens is 262 g/mol. The summed E-state index contributed by atoms with van der Waals surface area (Å²) >= 11 is 0. The number of hydrogen-bond acceptors (Lipinski definition) is 4. The number of carboxylic acid groups (broad SMARTS) is 1. The molecule has 102 valence electrons. The molecule has 20 heavy (non-hydrogen) atoms. The lowest BCUT2D eigenvalue weighted by atomic mass is 9.93. The zero-order valence-corrected chi connectivity index (χ0v) is 10.6. The van der Waals surface area contributed by atoms with E-state index in [1.54, 1.807) is 0 Å². The number of rotatable bonds is 2. The maximum absolute atomic E-state index is 12.0. The van der Waals surface area contributed by atoms with Crippen LogP contribution in [0, 0.1) is 5.92 Å². The highest BCUT2D eigenvalue weighted by atomic mass is 16.4. The minimum atomic E-state index is -1.11. The first-order chi connectivity index (χ1) is 9.34. The van der Waals surface area contributed by atoms with Crippen molar-refractivity contribution in [2.75, 3.05) is 4.90 Å². The number of piperidine rings is 1. The van der Waals surface area contributed by atoms with Gasteiger partial charge in [-0.3, -0.25) is 14.4 Å². The Hall–Kier alpha value is -2.76. The molecule has 0 spiro atoms. The van der Waals surface area contributed by atoms with E-state index in [9.17, 15) is 19.2 Å². The summed E-state index contributed by atoms with van der Waals surface area (Å²) in [7, 11) is 0. The van der Waals surface area contributed by atoms with E-state index in [1.165, 1.54) is 31.2 Å². The van der Waals surface area contributed by atoms with Gasteiger partial charge in [0.15, 0.2) is 5.78 Å². The van der Waals surface area contributed by atoms with E-state index in [0.29, 0.717) is 0 Å². The Morgan fingerprint density at radius 2 is 1.75 bits per heavy atom. The number of carboxylic acids is 1. The van der Waals surface area contributed by atoms with Crippen molar-refractivity contribution in [1.29, 1.82) is 0 Å². The SMILES string of the molecule is C=C1C(=O)C(C)C(=O)N(c2ccc(C(=O)O)cc2)C1=O. The van der Waals surface area contributed by atoms with E-state index in [-0.39, 0.29) is 16.8 Å². The summed E-state index contributed by atoms with van der Waals surface area (Å²) in [5.41, 5.74) is -0.00137. The molecule has 6 heteroatoms. The third kappa shape index (κ3) is 2.01. The predicted octanol–water partition coefficient (Wildman–Crippen LogP) is 1.02. The third-order valence-corrected chi connectivity index (χ3v) is 3.12. The minimum absolute atomic E-state index is 0.0357. The Labute approximate surface area is 114 Å². The Balaban J connectivity index is 2.42. The zero-order valence-electron chi connectivity index (χ0n) is 10.6. The highest BCUT2D eigenvalue weighted by Crippen LogP contribution is 2.25. The van der Waals surface area contributed by atoms with Crippen LogP contribution in [0.25, 0.3) is 0 Å². The van der Waals surface area contributed by atoms with Crippen molar-refractivity contribution in [3.8, 4) is 0 Å². The summed E-state index contributed by atoms with van der Waals surface area (Å²) < 4.78 is 0. The highest BCUT2D eigenvalue weighted by Gasteiger charge is 2.41. The van der Waals surface area contributed by atoms with Gasteiger partial charge in [-0.15, -0.1) is 0 Å². The molecule has 1 aromatic rings. The Morgan fingerprint density at radius 1 is 1.20 bits per heavy atom. The first-order valence-electron chi connectivity index (χ1n) is 5.79. The summed E-state index contributed by atoms with van der Waals surface area (Å²) in [6.45, 7) is 4.80. The molecule has 0 radical (unpaired) electrons. The van der Waals surface area contributed by atoms with E-state index in [1.807, 2.05) is 0 Å². The van der Waals surface area contributed by atoms with E-state index < -0.39 is 29.5 Å². The van der Waals surface area contributed by atoms with Crippen LogP contribution < -0.4 is 4.90 Å². The smallest absolute Gasteiger partial charge is 0.335 e. The summed E-state index contributed by atoms with van der Waals surface area (Å²) in [4.78, 5) is 47.2. The summed E-state index contributed by atoms with van der Waals surface area (Å²) in [5, 5.41) is 8.80. The van der Waals surface area contributed by atoms with Crippen LogP contribution in [0.1, 0.15) is 17.3 Å². The number of nitrogens with zero attached hydrogens (tertiary/aromatic N) is 1. The van der Waals surface area contributed by atoms with Gasteiger partial charge in [0.2, 0.25) is 5.91 Å².